The summed E-state index contributed by atoms with van der Waals surface area (Å²) in [4.78, 5) is 13.9. The van der Waals surface area contributed by atoms with Crippen LogP contribution in [0.25, 0.3) is 6.08 Å². The first-order chi connectivity index (χ1) is 9.82. The van der Waals surface area contributed by atoms with Gasteiger partial charge in [-0.2, -0.15) is 13.2 Å². The maximum atomic E-state index is 12.7. The van der Waals surface area contributed by atoms with E-state index in [4.69, 9.17) is 12.2 Å². The van der Waals surface area contributed by atoms with Gasteiger partial charge >= 0.3 is 6.18 Å². The number of rotatable bonds is 3. The van der Waals surface area contributed by atoms with Gasteiger partial charge in [0.25, 0.3) is 5.91 Å². The summed E-state index contributed by atoms with van der Waals surface area (Å²) < 4.78 is 38.4. The first-order valence-corrected chi connectivity index (χ1v) is 7.48. The fourth-order valence-electron chi connectivity index (χ4n) is 1.87. The molecule has 0 bridgehead atoms. The first kappa shape index (κ1) is 16.0. The molecule has 0 aromatic heterocycles. The standard InChI is InChI=1S/C14H12F3NOS2/c1-2-6-18-12(19)11(21-13(18)20)8-9-4-3-5-10(7-9)14(15,16)17/h3-5,7-8H,2,6H2,1H3/b11-8-. The lowest BCUT2D eigenvalue weighted by atomic mass is 10.1. The van der Waals surface area contributed by atoms with Gasteiger partial charge < -0.3 is 0 Å². The first-order valence-electron chi connectivity index (χ1n) is 6.25. The lowest BCUT2D eigenvalue weighted by molar-refractivity contribution is -0.137. The van der Waals surface area contributed by atoms with E-state index in [1.165, 1.54) is 23.1 Å². The number of benzene rings is 1. The monoisotopic (exact) mass is 331 g/mol. The van der Waals surface area contributed by atoms with Crippen molar-refractivity contribution in [3.8, 4) is 0 Å². The lowest BCUT2D eigenvalue weighted by Gasteiger charge is -2.12. The van der Waals surface area contributed by atoms with Crippen molar-refractivity contribution in [2.75, 3.05) is 6.54 Å². The van der Waals surface area contributed by atoms with Crippen molar-refractivity contribution >= 4 is 40.3 Å². The highest BCUT2D eigenvalue weighted by molar-refractivity contribution is 8.26. The van der Waals surface area contributed by atoms with Crippen LogP contribution in [0.1, 0.15) is 24.5 Å². The lowest BCUT2D eigenvalue weighted by Crippen LogP contribution is -2.28. The molecule has 1 amide bonds. The number of carbonyl (C=O) groups excluding carboxylic acids is 1. The van der Waals surface area contributed by atoms with Gasteiger partial charge in [-0.1, -0.05) is 43.0 Å². The van der Waals surface area contributed by atoms with Crippen LogP contribution in [0.4, 0.5) is 13.2 Å². The van der Waals surface area contributed by atoms with Crippen molar-refractivity contribution in [1.29, 1.82) is 0 Å². The van der Waals surface area contributed by atoms with Gasteiger partial charge in [-0.15, -0.1) is 0 Å². The molecule has 1 aliphatic rings. The zero-order valence-electron chi connectivity index (χ0n) is 11.1. The van der Waals surface area contributed by atoms with E-state index in [1.54, 1.807) is 0 Å². The second-order valence-electron chi connectivity index (χ2n) is 4.46. The highest BCUT2D eigenvalue weighted by atomic mass is 32.2. The molecule has 0 radical (unpaired) electrons. The quantitative estimate of drug-likeness (QED) is 0.608. The Morgan fingerprint density at radius 2 is 2.10 bits per heavy atom. The molecule has 112 valence electrons. The summed E-state index contributed by atoms with van der Waals surface area (Å²) in [5, 5.41) is 0. The van der Waals surface area contributed by atoms with Gasteiger partial charge in [-0.05, 0) is 30.2 Å². The maximum absolute atomic E-state index is 12.7. The summed E-state index contributed by atoms with van der Waals surface area (Å²) in [6, 6.07) is 4.87. The molecule has 0 saturated carbocycles. The Kier molecular flexibility index (Phi) is 4.73. The van der Waals surface area contributed by atoms with E-state index in [9.17, 15) is 18.0 Å². The number of thioether (sulfide) groups is 1. The van der Waals surface area contributed by atoms with E-state index in [1.807, 2.05) is 6.92 Å². The number of thiocarbonyl (C=S) groups is 1. The van der Waals surface area contributed by atoms with Gasteiger partial charge in [0.05, 0.1) is 10.5 Å². The van der Waals surface area contributed by atoms with Crippen molar-refractivity contribution in [1.82, 2.24) is 4.90 Å². The maximum Gasteiger partial charge on any atom is 0.416 e. The Morgan fingerprint density at radius 1 is 1.38 bits per heavy atom. The topological polar surface area (TPSA) is 20.3 Å². The Balaban J connectivity index is 2.29. The van der Waals surface area contributed by atoms with Crippen LogP contribution in [-0.2, 0) is 11.0 Å². The zero-order valence-corrected chi connectivity index (χ0v) is 12.7. The molecular weight excluding hydrogens is 319 g/mol. The molecule has 0 atom stereocenters. The Hall–Kier alpha value is -1.34. The molecule has 0 aliphatic carbocycles. The molecule has 1 fully saturated rings. The summed E-state index contributed by atoms with van der Waals surface area (Å²) in [6.45, 7) is 2.44. The Labute approximate surface area is 130 Å². The van der Waals surface area contributed by atoms with E-state index in [-0.39, 0.29) is 5.91 Å². The smallest absolute Gasteiger partial charge is 0.293 e. The third-order valence-electron chi connectivity index (χ3n) is 2.83. The number of alkyl halides is 3. The number of amides is 1. The molecular formula is C14H12F3NOS2. The summed E-state index contributed by atoms with van der Waals surface area (Å²) in [5.41, 5.74) is -0.401. The molecule has 1 aromatic rings. The molecule has 0 unspecified atom stereocenters. The van der Waals surface area contributed by atoms with E-state index < -0.39 is 11.7 Å². The van der Waals surface area contributed by atoms with Crippen molar-refractivity contribution < 1.29 is 18.0 Å². The van der Waals surface area contributed by atoms with Crippen molar-refractivity contribution in [3.63, 3.8) is 0 Å². The average molecular weight is 331 g/mol. The molecule has 1 saturated heterocycles. The third-order valence-corrected chi connectivity index (χ3v) is 4.21. The van der Waals surface area contributed by atoms with E-state index in [0.717, 1.165) is 30.3 Å². The minimum atomic E-state index is -4.40. The van der Waals surface area contributed by atoms with Gasteiger partial charge in [0.2, 0.25) is 0 Å². The van der Waals surface area contributed by atoms with Crippen LogP contribution in [0.3, 0.4) is 0 Å². The number of hydrogen-bond acceptors (Lipinski definition) is 3. The fraction of sp³-hybridized carbons (Fsp3) is 0.286. The molecule has 1 aromatic carbocycles. The Bertz CT molecular complexity index is 610. The summed E-state index contributed by atoms with van der Waals surface area (Å²) in [6.07, 6.45) is -2.18. The van der Waals surface area contributed by atoms with Crippen LogP contribution in [0.5, 0.6) is 0 Å². The number of hydrogen-bond donors (Lipinski definition) is 0. The van der Waals surface area contributed by atoms with Crippen molar-refractivity contribution in [2.24, 2.45) is 0 Å². The second-order valence-corrected chi connectivity index (χ2v) is 6.13. The van der Waals surface area contributed by atoms with Gasteiger partial charge in [-0.25, -0.2) is 0 Å². The summed E-state index contributed by atoms with van der Waals surface area (Å²) in [5.74, 6) is -0.246. The van der Waals surface area contributed by atoms with Crippen LogP contribution in [0.2, 0.25) is 0 Å². The predicted molar refractivity (Wildman–Crippen MR) is 81.6 cm³/mol. The fourth-order valence-corrected chi connectivity index (χ4v) is 3.18. The third kappa shape index (κ3) is 3.65. The van der Waals surface area contributed by atoms with E-state index in [0.29, 0.717) is 21.3 Å². The van der Waals surface area contributed by atoms with Crippen LogP contribution < -0.4 is 0 Å². The minimum Gasteiger partial charge on any atom is -0.293 e. The average Bonchev–Trinajstić information content (AvgIpc) is 2.66. The minimum absolute atomic E-state index is 0.246. The number of carbonyl (C=O) groups is 1. The Morgan fingerprint density at radius 3 is 2.71 bits per heavy atom. The van der Waals surface area contributed by atoms with Crippen molar-refractivity contribution in [3.05, 3.63) is 40.3 Å². The van der Waals surface area contributed by atoms with Gasteiger partial charge in [0.15, 0.2) is 0 Å². The molecule has 0 spiro atoms. The van der Waals surface area contributed by atoms with Crippen LogP contribution in [-0.4, -0.2) is 21.7 Å². The van der Waals surface area contributed by atoms with E-state index >= 15 is 0 Å². The van der Waals surface area contributed by atoms with Gasteiger partial charge in [0.1, 0.15) is 4.32 Å². The number of nitrogens with zero attached hydrogens (tertiary/aromatic N) is 1. The van der Waals surface area contributed by atoms with Crippen LogP contribution >= 0.6 is 24.0 Å². The normalized spacial score (nSPS) is 17.9. The molecule has 7 heteroatoms. The van der Waals surface area contributed by atoms with Gasteiger partial charge in [0, 0.05) is 6.54 Å². The van der Waals surface area contributed by atoms with E-state index in [2.05, 4.69) is 0 Å². The number of halogens is 3. The zero-order chi connectivity index (χ0) is 15.6. The summed E-state index contributed by atoms with van der Waals surface area (Å²) in [7, 11) is 0. The largest absolute Gasteiger partial charge is 0.416 e. The molecule has 21 heavy (non-hydrogen) atoms. The highest BCUT2D eigenvalue weighted by Gasteiger charge is 2.32. The molecule has 2 rings (SSSR count). The highest BCUT2D eigenvalue weighted by Crippen LogP contribution is 2.34. The SMILES string of the molecule is CCCN1C(=O)/C(=C/c2cccc(C(F)(F)F)c2)SC1=S. The second kappa shape index (κ2) is 6.19. The van der Waals surface area contributed by atoms with Crippen LogP contribution in [0, 0.1) is 0 Å². The molecule has 1 heterocycles. The molecule has 2 nitrogen and oxygen atoms in total. The molecule has 0 N–H and O–H groups in total. The predicted octanol–water partition coefficient (Wildman–Crippen LogP) is 4.32. The molecule has 1 aliphatic heterocycles. The van der Waals surface area contributed by atoms with Crippen LogP contribution in [0.15, 0.2) is 29.2 Å². The van der Waals surface area contributed by atoms with Gasteiger partial charge in [-0.3, -0.25) is 9.69 Å². The summed E-state index contributed by atoms with van der Waals surface area (Å²) >= 11 is 6.23. The van der Waals surface area contributed by atoms with Crippen molar-refractivity contribution in [2.45, 2.75) is 19.5 Å².